The van der Waals surface area contributed by atoms with E-state index in [1.165, 1.54) is 5.56 Å². The van der Waals surface area contributed by atoms with Crippen LogP contribution in [0.1, 0.15) is 35.2 Å². The van der Waals surface area contributed by atoms with Gasteiger partial charge >= 0.3 is 0 Å². The lowest BCUT2D eigenvalue weighted by Crippen LogP contribution is -2.38. The Bertz CT molecular complexity index is 1050. The first-order chi connectivity index (χ1) is 15.1. The molecule has 158 valence electrons. The lowest BCUT2D eigenvalue weighted by Gasteiger charge is -2.27. The molecule has 31 heavy (non-hydrogen) atoms. The second-order valence-corrected chi connectivity index (χ2v) is 7.91. The fourth-order valence-electron chi connectivity index (χ4n) is 3.56. The van der Waals surface area contributed by atoms with Crippen LogP contribution in [0.5, 0.6) is 0 Å². The van der Waals surface area contributed by atoms with Crippen LogP contribution in [0, 0.1) is 0 Å². The molecule has 1 N–H and O–H groups in total. The van der Waals surface area contributed by atoms with E-state index in [0.29, 0.717) is 30.0 Å². The Hall–Kier alpha value is -3.25. The first kappa shape index (κ1) is 21.0. The zero-order chi connectivity index (χ0) is 21.6. The number of nitrogens with zero attached hydrogens (tertiary/aromatic N) is 3. The van der Waals surface area contributed by atoms with Gasteiger partial charge in [0.2, 0.25) is 12.2 Å². The van der Waals surface area contributed by atoms with Crippen molar-refractivity contribution in [2.45, 2.75) is 32.0 Å². The number of fused-ring (bicyclic) bond motifs is 1. The normalized spacial score (nSPS) is 17.5. The van der Waals surface area contributed by atoms with Crippen LogP contribution in [0.2, 0.25) is 5.02 Å². The summed E-state index contributed by atoms with van der Waals surface area (Å²) in [6.07, 6.45) is 5.67. The molecule has 2 aromatic rings. The van der Waals surface area contributed by atoms with Gasteiger partial charge in [0.1, 0.15) is 0 Å². The maximum Gasteiger partial charge on any atom is 0.254 e. The van der Waals surface area contributed by atoms with Gasteiger partial charge < -0.3 is 10.2 Å². The number of halogens is 1. The van der Waals surface area contributed by atoms with Crippen molar-refractivity contribution in [1.29, 1.82) is 0 Å². The number of aliphatic imine (C=N–C) groups is 2. The molecule has 0 aliphatic carbocycles. The van der Waals surface area contributed by atoms with Crippen LogP contribution in [-0.4, -0.2) is 41.5 Å². The second-order valence-electron chi connectivity index (χ2n) is 7.47. The second kappa shape index (κ2) is 9.71. The summed E-state index contributed by atoms with van der Waals surface area (Å²) in [7, 11) is 0. The lowest BCUT2D eigenvalue weighted by atomic mass is 10.0. The van der Waals surface area contributed by atoms with Gasteiger partial charge in [-0.1, -0.05) is 41.9 Å². The molecule has 0 saturated carbocycles. The number of amides is 2. The number of carbonyl (C=O) groups is 2. The molecule has 0 fully saturated rings. The summed E-state index contributed by atoms with van der Waals surface area (Å²) in [5, 5.41) is 3.36. The van der Waals surface area contributed by atoms with Gasteiger partial charge in [-0.05, 0) is 42.7 Å². The van der Waals surface area contributed by atoms with Crippen LogP contribution in [0.25, 0.3) is 0 Å². The third-order valence-corrected chi connectivity index (χ3v) is 5.49. The van der Waals surface area contributed by atoms with E-state index in [4.69, 9.17) is 11.6 Å². The van der Waals surface area contributed by atoms with Crippen molar-refractivity contribution in [3.05, 3.63) is 82.5 Å². The summed E-state index contributed by atoms with van der Waals surface area (Å²) in [6, 6.07) is 16.8. The van der Waals surface area contributed by atoms with Gasteiger partial charge in [-0.15, -0.1) is 0 Å². The Morgan fingerprint density at radius 2 is 1.87 bits per heavy atom. The molecule has 6 nitrogen and oxygen atoms in total. The van der Waals surface area contributed by atoms with Gasteiger partial charge in [-0.2, -0.15) is 0 Å². The highest BCUT2D eigenvalue weighted by Gasteiger charge is 2.24. The molecule has 0 bridgehead atoms. The molecule has 4 rings (SSSR count). The Morgan fingerprint density at radius 3 is 2.65 bits per heavy atom. The van der Waals surface area contributed by atoms with Crippen LogP contribution in [0.3, 0.4) is 0 Å². The highest BCUT2D eigenvalue weighted by Crippen LogP contribution is 2.18. The van der Waals surface area contributed by atoms with Crippen molar-refractivity contribution in [2.24, 2.45) is 9.98 Å². The number of carbonyl (C=O) groups excluding carboxylic acids is 2. The summed E-state index contributed by atoms with van der Waals surface area (Å²) in [6.45, 7) is 0.582. The summed E-state index contributed by atoms with van der Waals surface area (Å²) in [5.41, 5.74) is 3.41. The lowest BCUT2D eigenvalue weighted by molar-refractivity contribution is -0.128. The average molecular weight is 435 g/mol. The number of rotatable bonds is 6. The number of nitrogens with one attached hydrogen (secondary N) is 1. The number of aryl methyl sites for hydroxylation is 1. The topological polar surface area (TPSA) is 74.1 Å². The zero-order valence-corrected chi connectivity index (χ0v) is 17.8. The van der Waals surface area contributed by atoms with Crippen LogP contribution in [-0.2, 0) is 11.2 Å². The molecular weight excluding hydrogens is 412 g/mol. The zero-order valence-electron chi connectivity index (χ0n) is 17.0. The Kier molecular flexibility index (Phi) is 6.57. The minimum absolute atomic E-state index is 0.106. The molecule has 0 radical (unpaired) electrons. The third kappa shape index (κ3) is 5.47. The number of allylic oxidation sites excluding steroid dienone is 1. The quantitative estimate of drug-likeness (QED) is 0.745. The maximum absolute atomic E-state index is 12.6. The van der Waals surface area contributed by atoms with E-state index in [1.807, 2.05) is 24.4 Å². The third-order valence-electron chi connectivity index (χ3n) is 5.24. The van der Waals surface area contributed by atoms with E-state index >= 15 is 0 Å². The number of benzene rings is 2. The molecule has 2 aromatic carbocycles. The van der Waals surface area contributed by atoms with E-state index in [0.717, 1.165) is 24.1 Å². The number of hydrogen-bond donors (Lipinski definition) is 1. The monoisotopic (exact) mass is 434 g/mol. The molecule has 0 spiro atoms. The Labute approximate surface area is 186 Å². The summed E-state index contributed by atoms with van der Waals surface area (Å²) in [5.74, 6) is -0.157. The first-order valence-corrected chi connectivity index (χ1v) is 10.7. The summed E-state index contributed by atoms with van der Waals surface area (Å²) in [4.78, 5) is 35.5. The van der Waals surface area contributed by atoms with E-state index in [1.54, 1.807) is 35.4 Å². The molecule has 2 heterocycles. The van der Waals surface area contributed by atoms with Gasteiger partial charge in [0, 0.05) is 48.0 Å². The minimum atomic E-state index is -0.663. The van der Waals surface area contributed by atoms with E-state index in [-0.39, 0.29) is 11.8 Å². The molecule has 2 aliphatic heterocycles. The average Bonchev–Trinajstić information content (AvgIpc) is 2.79. The Balaban J connectivity index is 1.31. The molecule has 1 unspecified atom stereocenters. The molecular formula is C24H23ClN4O2. The standard InChI is InChI=1S/C24H23ClN4O2/c25-20-11-9-18(10-12-20)23(31)28-24-26-15-19-16-29(14-13-21(19)27-24)22(30)8-4-7-17-5-2-1-3-6-17/h1-3,5-6,9-12,15-16,24H,4,7-8,13-14H2,(H,28,31). The molecule has 2 aliphatic rings. The molecule has 1 atom stereocenters. The number of hydrogen-bond acceptors (Lipinski definition) is 4. The van der Waals surface area contributed by atoms with Crippen LogP contribution < -0.4 is 5.32 Å². The van der Waals surface area contributed by atoms with Crippen LogP contribution in [0.15, 0.2) is 76.4 Å². The highest BCUT2D eigenvalue weighted by molar-refractivity contribution is 6.30. The van der Waals surface area contributed by atoms with Crippen molar-refractivity contribution in [3.63, 3.8) is 0 Å². The smallest absolute Gasteiger partial charge is 0.254 e. The van der Waals surface area contributed by atoms with Crippen molar-refractivity contribution in [3.8, 4) is 0 Å². The molecule has 0 aromatic heterocycles. The molecule has 2 amide bonds. The van der Waals surface area contributed by atoms with Crippen molar-refractivity contribution in [1.82, 2.24) is 10.2 Å². The van der Waals surface area contributed by atoms with Gasteiger partial charge in [-0.25, -0.2) is 9.98 Å². The largest absolute Gasteiger partial charge is 0.318 e. The minimum Gasteiger partial charge on any atom is -0.318 e. The predicted octanol–water partition coefficient (Wildman–Crippen LogP) is 4.02. The van der Waals surface area contributed by atoms with Crippen molar-refractivity contribution < 1.29 is 9.59 Å². The summed E-state index contributed by atoms with van der Waals surface area (Å²) >= 11 is 5.86. The van der Waals surface area contributed by atoms with Gasteiger partial charge in [0.05, 0.1) is 5.71 Å². The fourth-order valence-corrected chi connectivity index (χ4v) is 3.68. The van der Waals surface area contributed by atoms with Gasteiger partial charge in [0.25, 0.3) is 5.91 Å². The van der Waals surface area contributed by atoms with Crippen molar-refractivity contribution in [2.75, 3.05) is 6.54 Å². The van der Waals surface area contributed by atoms with Crippen LogP contribution in [0.4, 0.5) is 0 Å². The predicted molar refractivity (Wildman–Crippen MR) is 122 cm³/mol. The SMILES string of the molecule is O=C(NC1N=CC2=CN(C(=O)CCCc3ccccc3)CCC2=N1)c1ccc(Cl)cc1. The van der Waals surface area contributed by atoms with E-state index in [2.05, 4.69) is 27.4 Å². The fraction of sp³-hybridized carbons (Fsp3) is 0.250. The highest BCUT2D eigenvalue weighted by atomic mass is 35.5. The van der Waals surface area contributed by atoms with E-state index in [9.17, 15) is 9.59 Å². The van der Waals surface area contributed by atoms with Gasteiger partial charge in [0.15, 0.2) is 0 Å². The molecule has 7 heteroatoms. The first-order valence-electron chi connectivity index (χ1n) is 10.3. The van der Waals surface area contributed by atoms with Crippen LogP contribution >= 0.6 is 11.6 Å². The van der Waals surface area contributed by atoms with Crippen molar-refractivity contribution >= 4 is 35.3 Å². The summed E-state index contributed by atoms with van der Waals surface area (Å²) < 4.78 is 0. The maximum atomic E-state index is 12.6. The van der Waals surface area contributed by atoms with Gasteiger partial charge in [-0.3, -0.25) is 9.59 Å². The van der Waals surface area contributed by atoms with E-state index < -0.39 is 6.29 Å². The molecule has 0 saturated heterocycles. The Morgan fingerprint density at radius 1 is 1.10 bits per heavy atom.